The molecule has 3 heterocycles. The maximum Gasteiger partial charge on any atom is 0.220 e. The standard InChI is InChI=1S/C22H31N5O/c1-17-3-6-20(7-4-17)26-12-9-18(16-26)14-24-22(28)8-5-19-13-21-15-23-10-2-11-27(21)25-19/h3-4,6-7,13,18,23H,2,5,8-12,14-16H2,1H3,(H,24,28)/t18-/m1/s1. The normalized spacial score (nSPS) is 19.3. The number of nitrogens with zero attached hydrogens (tertiary/aromatic N) is 3. The van der Waals surface area contributed by atoms with Crippen molar-refractivity contribution in [2.75, 3.05) is 31.1 Å². The van der Waals surface area contributed by atoms with Crippen molar-refractivity contribution in [2.45, 2.75) is 45.7 Å². The van der Waals surface area contributed by atoms with Crippen LogP contribution in [0.4, 0.5) is 5.69 Å². The van der Waals surface area contributed by atoms with Crippen LogP contribution in [0.25, 0.3) is 0 Å². The molecule has 1 saturated heterocycles. The molecule has 0 bridgehead atoms. The molecule has 1 amide bonds. The van der Waals surface area contributed by atoms with Gasteiger partial charge >= 0.3 is 0 Å². The zero-order valence-electron chi connectivity index (χ0n) is 16.8. The van der Waals surface area contributed by atoms with Crippen LogP contribution in [0.2, 0.25) is 0 Å². The lowest BCUT2D eigenvalue weighted by Crippen LogP contribution is -2.31. The fraction of sp³-hybridized carbons (Fsp3) is 0.545. The maximum absolute atomic E-state index is 12.3. The van der Waals surface area contributed by atoms with Gasteiger partial charge in [-0.05, 0) is 50.4 Å². The second-order valence-electron chi connectivity index (χ2n) is 8.12. The Morgan fingerprint density at radius 2 is 2.14 bits per heavy atom. The van der Waals surface area contributed by atoms with E-state index in [1.54, 1.807) is 0 Å². The summed E-state index contributed by atoms with van der Waals surface area (Å²) >= 11 is 0. The fourth-order valence-electron chi connectivity index (χ4n) is 4.12. The second-order valence-corrected chi connectivity index (χ2v) is 8.12. The largest absolute Gasteiger partial charge is 0.371 e. The van der Waals surface area contributed by atoms with E-state index in [2.05, 4.69) is 62.6 Å². The van der Waals surface area contributed by atoms with Crippen molar-refractivity contribution in [3.05, 3.63) is 47.3 Å². The number of anilines is 1. The van der Waals surface area contributed by atoms with E-state index >= 15 is 0 Å². The van der Waals surface area contributed by atoms with Crippen LogP contribution in [-0.2, 0) is 24.3 Å². The minimum atomic E-state index is 0.134. The fourth-order valence-corrected chi connectivity index (χ4v) is 4.12. The van der Waals surface area contributed by atoms with E-state index in [-0.39, 0.29) is 5.91 Å². The number of fused-ring (bicyclic) bond motifs is 1. The number of carbonyl (C=O) groups excluding carboxylic acids is 1. The summed E-state index contributed by atoms with van der Waals surface area (Å²) in [6, 6.07) is 10.9. The van der Waals surface area contributed by atoms with Crippen LogP contribution in [0.15, 0.2) is 30.3 Å². The number of benzene rings is 1. The number of nitrogens with one attached hydrogen (secondary N) is 2. The van der Waals surface area contributed by atoms with Crippen LogP contribution >= 0.6 is 0 Å². The van der Waals surface area contributed by atoms with Gasteiger partial charge < -0.3 is 15.5 Å². The smallest absolute Gasteiger partial charge is 0.220 e. The van der Waals surface area contributed by atoms with Gasteiger partial charge in [-0.3, -0.25) is 9.48 Å². The summed E-state index contributed by atoms with van der Waals surface area (Å²) in [6.45, 7) is 7.85. The van der Waals surface area contributed by atoms with Gasteiger partial charge in [-0.15, -0.1) is 0 Å². The highest BCUT2D eigenvalue weighted by molar-refractivity contribution is 5.76. The Bertz CT molecular complexity index is 774. The van der Waals surface area contributed by atoms with Crippen LogP contribution in [-0.4, -0.2) is 41.9 Å². The van der Waals surface area contributed by atoms with Crippen LogP contribution in [0, 0.1) is 12.8 Å². The summed E-state index contributed by atoms with van der Waals surface area (Å²) in [5, 5.41) is 11.2. The Morgan fingerprint density at radius 1 is 1.29 bits per heavy atom. The SMILES string of the molecule is Cc1ccc(N2CC[C@H](CNC(=O)CCc3cc4n(n3)CCCNC4)C2)cc1. The molecule has 1 atom stereocenters. The summed E-state index contributed by atoms with van der Waals surface area (Å²) in [7, 11) is 0. The van der Waals surface area contributed by atoms with Crippen molar-refractivity contribution in [3.63, 3.8) is 0 Å². The third-order valence-corrected chi connectivity index (χ3v) is 5.82. The first-order valence-corrected chi connectivity index (χ1v) is 10.5. The van der Waals surface area contributed by atoms with Gasteiger partial charge in [0.05, 0.1) is 11.4 Å². The quantitative estimate of drug-likeness (QED) is 0.806. The Balaban J connectivity index is 1.19. The predicted molar refractivity (Wildman–Crippen MR) is 111 cm³/mol. The molecule has 0 saturated carbocycles. The molecular weight excluding hydrogens is 350 g/mol. The third kappa shape index (κ3) is 4.73. The van der Waals surface area contributed by atoms with E-state index in [0.717, 1.165) is 57.8 Å². The molecule has 2 N–H and O–H groups in total. The van der Waals surface area contributed by atoms with Crippen molar-refractivity contribution in [1.29, 1.82) is 0 Å². The molecule has 6 heteroatoms. The molecule has 1 aromatic heterocycles. The lowest BCUT2D eigenvalue weighted by molar-refractivity contribution is -0.121. The second kappa shape index (κ2) is 8.78. The van der Waals surface area contributed by atoms with Gasteiger partial charge in [0.25, 0.3) is 0 Å². The van der Waals surface area contributed by atoms with Crippen LogP contribution in [0.3, 0.4) is 0 Å². The molecule has 2 aliphatic rings. The van der Waals surface area contributed by atoms with Gasteiger partial charge in [-0.2, -0.15) is 5.10 Å². The number of hydrogen-bond acceptors (Lipinski definition) is 4. The summed E-state index contributed by atoms with van der Waals surface area (Å²) < 4.78 is 2.09. The molecule has 6 nitrogen and oxygen atoms in total. The Kier molecular flexibility index (Phi) is 5.95. The molecule has 1 fully saturated rings. The Labute approximate surface area is 167 Å². The summed E-state index contributed by atoms with van der Waals surface area (Å²) in [5.41, 5.74) is 4.83. The van der Waals surface area contributed by atoms with E-state index in [1.165, 1.54) is 16.9 Å². The average Bonchev–Trinajstić information content (AvgIpc) is 3.27. The van der Waals surface area contributed by atoms with Crippen molar-refractivity contribution in [3.8, 4) is 0 Å². The minimum Gasteiger partial charge on any atom is -0.371 e. The molecule has 4 rings (SSSR count). The van der Waals surface area contributed by atoms with E-state index in [9.17, 15) is 4.79 Å². The zero-order valence-corrected chi connectivity index (χ0v) is 16.8. The molecule has 2 aromatic rings. The monoisotopic (exact) mass is 381 g/mol. The Morgan fingerprint density at radius 3 is 3.00 bits per heavy atom. The number of aromatic nitrogens is 2. The molecule has 0 radical (unpaired) electrons. The van der Waals surface area contributed by atoms with Gasteiger partial charge in [-0.1, -0.05) is 17.7 Å². The van der Waals surface area contributed by atoms with Crippen LogP contribution in [0.5, 0.6) is 0 Å². The van der Waals surface area contributed by atoms with Gasteiger partial charge in [0.15, 0.2) is 0 Å². The number of rotatable bonds is 6. The highest BCUT2D eigenvalue weighted by Crippen LogP contribution is 2.23. The third-order valence-electron chi connectivity index (χ3n) is 5.82. The lowest BCUT2D eigenvalue weighted by Gasteiger charge is -2.19. The van der Waals surface area contributed by atoms with Crippen LogP contribution in [0.1, 0.15) is 36.2 Å². The zero-order chi connectivity index (χ0) is 19.3. The molecule has 0 spiro atoms. The minimum absolute atomic E-state index is 0.134. The van der Waals surface area contributed by atoms with Gasteiger partial charge in [0.2, 0.25) is 5.91 Å². The van der Waals surface area contributed by atoms with Crippen LogP contribution < -0.4 is 15.5 Å². The first kappa shape index (κ1) is 19.0. The number of hydrogen-bond donors (Lipinski definition) is 2. The molecule has 0 unspecified atom stereocenters. The van der Waals surface area contributed by atoms with E-state index in [4.69, 9.17) is 0 Å². The van der Waals surface area contributed by atoms with Crippen molar-refractivity contribution in [2.24, 2.45) is 5.92 Å². The number of carbonyl (C=O) groups is 1. The highest BCUT2D eigenvalue weighted by atomic mass is 16.1. The van der Waals surface area contributed by atoms with Gasteiger partial charge in [-0.25, -0.2) is 0 Å². The molecule has 28 heavy (non-hydrogen) atoms. The molecule has 1 aromatic carbocycles. The molecular formula is C22H31N5O. The van der Waals surface area contributed by atoms with E-state index < -0.39 is 0 Å². The van der Waals surface area contributed by atoms with E-state index in [1.807, 2.05) is 0 Å². The summed E-state index contributed by atoms with van der Waals surface area (Å²) in [4.78, 5) is 14.7. The molecule has 150 valence electrons. The molecule has 0 aliphatic carbocycles. The maximum atomic E-state index is 12.3. The number of aryl methyl sites for hydroxylation is 3. The van der Waals surface area contributed by atoms with Gasteiger partial charge in [0.1, 0.15) is 0 Å². The average molecular weight is 382 g/mol. The summed E-state index contributed by atoms with van der Waals surface area (Å²) in [5.74, 6) is 0.662. The topological polar surface area (TPSA) is 62.2 Å². The Hall–Kier alpha value is -2.34. The predicted octanol–water partition coefficient (Wildman–Crippen LogP) is 2.26. The first-order valence-electron chi connectivity index (χ1n) is 10.5. The highest BCUT2D eigenvalue weighted by Gasteiger charge is 2.23. The molecule has 2 aliphatic heterocycles. The summed E-state index contributed by atoms with van der Waals surface area (Å²) in [6.07, 6.45) is 3.47. The van der Waals surface area contributed by atoms with E-state index in [0.29, 0.717) is 18.8 Å². The number of amides is 1. The lowest BCUT2D eigenvalue weighted by atomic mass is 10.1. The van der Waals surface area contributed by atoms with Gasteiger partial charge in [0, 0.05) is 51.3 Å². The first-order chi connectivity index (χ1) is 13.7. The van der Waals surface area contributed by atoms with Crippen molar-refractivity contribution >= 4 is 11.6 Å². The van der Waals surface area contributed by atoms with Crippen molar-refractivity contribution in [1.82, 2.24) is 20.4 Å². The van der Waals surface area contributed by atoms with Crippen molar-refractivity contribution < 1.29 is 4.79 Å².